The number of nitrogen functional groups attached to an aromatic ring is 2. The van der Waals surface area contributed by atoms with Gasteiger partial charge < -0.3 is 21.5 Å². The number of rotatable bonds is 5. The molecular weight excluding hydrogens is 258 g/mol. The molecule has 6 nitrogen and oxygen atoms in total. The SMILES string of the molecule is CCC(C)(C)NC(=O)COC(=O)c1ccc(N)cc1N. The Morgan fingerprint density at radius 1 is 1.30 bits per heavy atom. The zero-order chi connectivity index (χ0) is 15.3. The monoisotopic (exact) mass is 279 g/mol. The molecule has 0 saturated heterocycles. The minimum absolute atomic E-state index is 0.196. The Morgan fingerprint density at radius 3 is 2.50 bits per heavy atom. The summed E-state index contributed by atoms with van der Waals surface area (Å²) >= 11 is 0. The summed E-state index contributed by atoms with van der Waals surface area (Å²) in [4.78, 5) is 23.4. The summed E-state index contributed by atoms with van der Waals surface area (Å²) in [6.07, 6.45) is 0.775. The maximum atomic E-state index is 11.8. The maximum Gasteiger partial charge on any atom is 0.340 e. The Kier molecular flexibility index (Phi) is 4.96. The van der Waals surface area contributed by atoms with Crippen molar-refractivity contribution in [3.63, 3.8) is 0 Å². The molecule has 0 spiro atoms. The fourth-order valence-corrected chi connectivity index (χ4v) is 1.48. The fraction of sp³-hybridized carbons (Fsp3) is 0.429. The van der Waals surface area contributed by atoms with Gasteiger partial charge in [-0.25, -0.2) is 4.79 Å². The van der Waals surface area contributed by atoms with E-state index in [1.54, 1.807) is 6.07 Å². The van der Waals surface area contributed by atoms with Gasteiger partial charge in [0.15, 0.2) is 6.61 Å². The van der Waals surface area contributed by atoms with E-state index in [0.29, 0.717) is 5.69 Å². The van der Waals surface area contributed by atoms with Crippen molar-refractivity contribution in [3.05, 3.63) is 23.8 Å². The molecule has 1 amide bonds. The third kappa shape index (κ3) is 4.46. The molecule has 0 aromatic heterocycles. The van der Waals surface area contributed by atoms with E-state index in [0.717, 1.165) is 6.42 Å². The number of hydrogen-bond acceptors (Lipinski definition) is 5. The normalized spacial score (nSPS) is 10.9. The van der Waals surface area contributed by atoms with Gasteiger partial charge in [-0.1, -0.05) is 6.92 Å². The lowest BCUT2D eigenvalue weighted by molar-refractivity contribution is -0.125. The molecule has 0 bridgehead atoms. The van der Waals surface area contributed by atoms with Gasteiger partial charge in [-0.3, -0.25) is 4.79 Å². The minimum atomic E-state index is -0.646. The highest BCUT2D eigenvalue weighted by molar-refractivity contribution is 5.96. The van der Waals surface area contributed by atoms with Gasteiger partial charge in [-0.2, -0.15) is 0 Å². The summed E-state index contributed by atoms with van der Waals surface area (Å²) in [7, 11) is 0. The highest BCUT2D eigenvalue weighted by atomic mass is 16.5. The smallest absolute Gasteiger partial charge is 0.340 e. The second-order valence-electron chi connectivity index (χ2n) is 5.21. The predicted molar refractivity (Wildman–Crippen MR) is 78.1 cm³/mol. The highest BCUT2D eigenvalue weighted by Gasteiger charge is 2.19. The summed E-state index contributed by atoms with van der Waals surface area (Å²) in [5.74, 6) is -0.994. The Balaban J connectivity index is 2.57. The molecule has 20 heavy (non-hydrogen) atoms. The predicted octanol–water partition coefficient (Wildman–Crippen LogP) is 1.31. The van der Waals surface area contributed by atoms with Crippen LogP contribution in [0.4, 0.5) is 11.4 Å². The van der Waals surface area contributed by atoms with Gasteiger partial charge >= 0.3 is 5.97 Å². The van der Waals surface area contributed by atoms with Crippen LogP contribution in [0.15, 0.2) is 18.2 Å². The van der Waals surface area contributed by atoms with Crippen molar-refractivity contribution >= 4 is 23.3 Å². The number of nitrogens with two attached hydrogens (primary N) is 2. The van der Waals surface area contributed by atoms with Crippen molar-refractivity contribution in [1.82, 2.24) is 5.32 Å². The number of ether oxygens (including phenoxy) is 1. The molecule has 1 rings (SSSR count). The van der Waals surface area contributed by atoms with Crippen molar-refractivity contribution in [3.8, 4) is 0 Å². The number of esters is 1. The number of hydrogen-bond donors (Lipinski definition) is 3. The molecule has 0 atom stereocenters. The zero-order valence-corrected chi connectivity index (χ0v) is 12.0. The van der Waals surface area contributed by atoms with E-state index in [-0.39, 0.29) is 29.3 Å². The van der Waals surface area contributed by atoms with Crippen LogP contribution in [0.25, 0.3) is 0 Å². The molecule has 6 heteroatoms. The first-order valence-corrected chi connectivity index (χ1v) is 6.38. The van der Waals surface area contributed by atoms with Crippen LogP contribution in [0, 0.1) is 0 Å². The second kappa shape index (κ2) is 6.27. The maximum absolute atomic E-state index is 11.8. The zero-order valence-electron chi connectivity index (χ0n) is 12.0. The van der Waals surface area contributed by atoms with Crippen LogP contribution in [0.1, 0.15) is 37.6 Å². The van der Waals surface area contributed by atoms with E-state index in [2.05, 4.69) is 5.32 Å². The van der Waals surface area contributed by atoms with Crippen LogP contribution < -0.4 is 16.8 Å². The lowest BCUT2D eigenvalue weighted by Crippen LogP contribution is -2.44. The molecule has 0 fully saturated rings. The van der Waals surface area contributed by atoms with Gasteiger partial charge in [0.25, 0.3) is 5.91 Å². The van der Waals surface area contributed by atoms with Crippen LogP contribution in [0.5, 0.6) is 0 Å². The van der Waals surface area contributed by atoms with Gasteiger partial charge in [0.1, 0.15) is 0 Å². The molecule has 1 aromatic rings. The standard InChI is InChI=1S/C14H21N3O3/c1-4-14(2,3)17-12(18)8-20-13(19)10-6-5-9(15)7-11(10)16/h5-7H,4,8,15-16H2,1-3H3,(H,17,18). The van der Waals surface area contributed by atoms with Crippen molar-refractivity contribution in [1.29, 1.82) is 0 Å². The second-order valence-corrected chi connectivity index (χ2v) is 5.21. The lowest BCUT2D eigenvalue weighted by Gasteiger charge is -2.24. The molecule has 0 aliphatic rings. The molecule has 5 N–H and O–H groups in total. The van der Waals surface area contributed by atoms with Gasteiger partial charge in [0.2, 0.25) is 0 Å². The number of nitrogens with one attached hydrogen (secondary N) is 1. The van der Waals surface area contributed by atoms with Crippen molar-refractivity contribution in [2.45, 2.75) is 32.7 Å². The fourth-order valence-electron chi connectivity index (χ4n) is 1.48. The van der Waals surface area contributed by atoms with Crippen LogP contribution >= 0.6 is 0 Å². The molecule has 0 radical (unpaired) electrons. The van der Waals surface area contributed by atoms with E-state index < -0.39 is 5.97 Å². The molecule has 0 aliphatic carbocycles. The average Bonchev–Trinajstić information content (AvgIpc) is 2.35. The molecule has 0 heterocycles. The number of benzene rings is 1. The number of amides is 1. The number of carbonyl (C=O) groups excluding carboxylic acids is 2. The minimum Gasteiger partial charge on any atom is -0.452 e. The van der Waals surface area contributed by atoms with E-state index in [4.69, 9.17) is 16.2 Å². The molecule has 0 aliphatic heterocycles. The molecule has 1 aromatic carbocycles. The van der Waals surface area contributed by atoms with E-state index in [9.17, 15) is 9.59 Å². The first-order chi connectivity index (χ1) is 9.25. The third-order valence-corrected chi connectivity index (χ3v) is 2.99. The van der Waals surface area contributed by atoms with Crippen LogP contribution in [0.2, 0.25) is 0 Å². The van der Waals surface area contributed by atoms with Crippen LogP contribution in [0.3, 0.4) is 0 Å². The van der Waals surface area contributed by atoms with Crippen LogP contribution in [-0.2, 0) is 9.53 Å². The molecule has 110 valence electrons. The Bertz CT molecular complexity index is 512. The van der Waals surface area contributed by atoms with Gasteiger partial charge in [0.05, 0.1) is 5.56 Å². The highest BCUT2D eigenvalue weighted by Crippen LogP contribution is 2.16. The topological polar surface area (TPSA) is 107 Å². The summed E-state index contributed by atoms with van der Waals surface area (Å²) in [5.41, 5.74) is 11.8. The van der Waals surface area contributed by atoms with Crippen molar-refractivity contribution < 1.29 is 14.3 Å². The van der Waals surface area contributed by atoms with Gasteiger partial charge in [-0.15, -0.1) is 0 Å². The van der Waals surface area contributed by atoms with E-state index in [1.165, 1.54) is 12.1 Å². The summed E-state index contributed by atoms with van der Waals surface area (Å²) < 4.78 is 4.93. The molecular formula is C14H21N3O3. The first-order valence-electron chi connectivity index (χ1n) is 6.38. The van der Waals surface area contributed by atoms with Crippen LogP contribution in [-0.4, -0.2) is 24.0 Å². The average molecular weight is 279 g/mol. The number of carbonyl (C=O) groups is 2. The van der Waals surface area contributed by atoms with E-state index >= 15 is 0 Å². The first kappa shape index (κ1) is 15.8. The Labute approximate surface area is 118 Å². The van der Waals surface area contributed by atoms with Gasteiger partial charge in [-0.05, 0) is 38.5 Å². The van der Waals surface area contributed by atoms with Crippen molar-refractivity contribution in [2.24, 2.45) is 0 Å². The largest absolute Gasteiger partial charge is 0.452 e. The Morgan fingerprint density at radius 2 is 1.95 bits per heavy atom. The summed E-state index contributed by atoms with van der Waals surface area (Å²) in [5, 5.41) is 2.77. The quantitative estimate of drug-likeness (QED) is 0.556. The summed E-state index contributed by atoms with van der Waals surface area (Å²) in [6, 6.07) is 4.49. The Hall–Kier alpha value is -2.24. The van der Waals surface area contributed by atoms with Crippen molar-refractivity contribution in [2.75, 3.05) is 18.1 Å². The molecule has 0 unspecified atom stereocenters. The van der Waals surface area contributed by atoms with E-state index in [1.807, 2.05) is 20.8 Å². The third-order valence-electron chi connectivity index (χ3n) is 2.99. The number of anilines is 2. The lowest BCUT2D eigenvalue weighted by atomic mass is 10.0. The summed E-state index contributed by atoms with van der Waals surface area (Å²) in [6.45, 7) is 5.41. The molecule has 0 saturated carbocycles. The van der Waals surface area contributed by atoms with Gasteiger partial charge in [0, 0.05) is 16.9 Å².